The number of carbonyl (C=O) groups excluding carboxylic acids is 1. The number of benzene rings is 3. The molecule has 3 aromatic rings. The highest BCUT2D eigenvalue weighted by atomic mass is 127. The van der Waals surface area contributed by atoms with E-state index in [2.05, 4.69) is 55.7 Å². The number of methoxy groups -OCH3 is 1. The summed E-state index contributed by atoms with van der Waals surface area (Å²) < 4.78 is 13.1. The van der Waals surface area contributed by atoms with Crippen LogP contribution >= 0.6 is 68.4 Å². The zero-order chi connectivity index (χ0) is 22.4. The molecule has 0 unspecified atom stereocenters. The van der Waals surface area contributed by atoms with Crippen molar-refractivity contribution >= 4 is 80.5 Å². The van der Waals surface area contributed by atoms with Crippen LogP contribution in [-0.4, -0.2) is 19.2 Å². The first-order chi connectivity index (χ1) is 14.9. The topological polar surface area (TPSA) is 59.9 Å². The molecule has 0 aromatic heterocycles. The van der Waals surface area contributed by atoms with Gasteiger partial charge in [0.1, 0.15) is 12.4 Å². The fraction of sp³-hybridized carbons (Fsp3) is 0.0909. The number of carbonyl (C=O) groups is 1. The van der Waals surface area contributed by atoms with Crippen LogP contribution in [0.2, 0.25) is 10.0 Å². The molecular weight excluding hydrogens is 665 g/mol. The maximum Gasteiger partial charge on any atom is 0.271 e. The Hall–Kier alpha value is -1.56. The first kappa shape index (κ1) is 24.1. The van der Waals surface area contributed by atoms with Gasteiger partial charge in [0.15, 0.2) is 5.75 Å². The van der Waals surface area contributed by atoms with Crippen LogP contribution in [0.25, 0.3) is 0 Å². The number of hydrazone groups is 1. The lowest BCUT2D eigenvalue weighted by molar-refractivity contribution is 0.0954. The van der Waals surface area contributed by atoms with Crippen LogP contribution in [0.3, 0.4) is 0 Å². The molecular formula is C22H16Cl2I2N2O3. The van der Waals surface area contributed by atoms with Crippen LogP contribution in [-0.2, 0) is 6.61 Å². The summed E-state index contributed by atoms with van der Waals surface area (Å²) >= 11 is 17.1. The number of hydrogen-bond donors (Lipinski definition) is 1. The third-order valence-electron chi connectivity index (χ3n) is 4.11. The van der Waals surface area contributed by atoms with Crippen molar-refractivity contribution in [3.8, 4) is 11.5 Å². The van der Waals surface area contributed by atoms with E-state index in [1.807, 2.05) is 24.3 Å². The molecule has 0 fully saturated rings. The third-order valence-corrected chi connectivity index (χ3v) is 6.28. The molecule has 0 radical (unpaired) electrons. The molecule has 0 aliphatic heterocycles. The molecule has 0 saturated carbocycles. The van der Waals surface area contributed by atoms with E-state index in [4.69, 9.17) is 32.7 Å². The van der Waals surface area contributed by atoms with Gasteiger partial charge in [0, 0.05) is 9.13 Å². The van der Waals surface area contributed by atoms with E-state index in [9.17, 15) is 4.79 Å². The van der Waals surface area contributed by atoms with Crippen LogP contribution in [0.1, 0.15) is 21.5 Å². The van der Waals surface area contributed by atoms with Crippen LogP contribution in [0.5, 0.6) is 11.5 Å². The SMILES string of the molecule is COc1cc(C(=O)N/N=C\c2cc(Cl)c(OCc3ccc(I)cc3)c(Cl)c2)ccc1I. The number of rotatable bonds is 7. The van der Waals surface area contributed by atoms with Gasteiger partial charge in [0.05, 0.1) is 26.9 Å². The molecule has 0 heterocycles. The van der Waals surface area contributed by atoms with E-state index in [0.29, 0.717) is 39.3 Å². The zero-order valence-electron chi connectivity index (χ0n) is 16.2. The van der Waals surface area contributed by atoms with Crippen LogP contribution in [0, 0.1) is 7.14 Å². The highest BCUT2D eigenvalue weighted by molar-refractivity contribution is 14.1. The highest BCUT2D eigenvalue weighted by Crippen LogP contribution is 2.34. The average Bonchev–Trinajstić information content (AvgIpc) is 2.74. The number of hydrogen-bond acceptors (Lipinski definition) is 4. The molecule has 31 heavy (non-hydrogen) atoms. The van der Waals surface area contributed by atoms with Crippen molar-refractivity contribution in [1.82, 2.24) is 5.43 Å². The standard InChI is InChI=1S/C22H16Cl2I2N2O3/c1-30-20-10-15(4-7-19(20)26)22(29)28-27-11-14-8-17(23)21(18(24)9-14)31-12-13-2-5-16(25)6-3-13/h2-11H,12H2,1H3,(H,28,29)/b27-11-. The van der Waals surface area contributed by atoms with Gasteiger partial charge in [0.25, 0.3) is 5.91 Å². The lowest BCUT2D eigenvalue weighted by atomic mass is 10.2. The van der Waals surface area contributed by atoms with Gasteiger partial charge in [0.2, 0.25) is 0 Å². The smallest absolute Gasteiger partial charge is 0.271 e. The fourth-order valence-electron chi connectivity index (χ4n) is 2.56. The van der Waals surface area contributed by atoms with Crippen LogP contribution in [0.4, 0.5) is 0 Å². The summed E-state index contributed by atoms with van der Waals surface area (Å²) in [5.74, 6) is 0.659. The summed E-state index contributed by atoms with van der Waals surface area (Å²) in [6, 6.07) is 16.5. The minimum Gasteiger partial charge on any atom is -0.496 e. The van der Waals surface area contributed by atoms with Crippen molar-refractivity contribution < 1.29 is 14.3 Å². The Balaban J connectivity index is 1.64. The number of ether oxygens (including phenoxy) is 2. The Morgan fingerprint density at radius 2 is 1.74 bits per heavy atom. The Kier molecular flexibility index (Phi) is 8.82. The number of nitrogens with zero attached hydrogens (tertiary/aromatic N) is 1. The molecule has 0 aliphatic carbocycles. The van der Waals surface area contributed by atoms with Gasteiger partial charge in [-0.2, -0.15) is 5.10 Å². The second kappa shape index (κ2) is 11.3. The van der Waals surface area contributed by atoms with E-state index < -0.39 is 0 Å². The Morgan fingerprint density at radius 3 is 2.39 bits per heavy atom. The molecule has 3 aromatic carbocycles. The van der Waals surface area contributed by atoms with Crippen molar-refractivity contribution in [2.45, 2.75) is 6.61 Å². The van der Waals surface area contributed by atoms with Crippen LogP contribution in [0.15, 0.2) is 59.7 Å². The molecule has 5 nitrogen and oxygen atoms in total. The molecule has 1 N–H and O–H groups in total. The van der Waals surface area contributed by atoms with E-state index >= 15 is 0 Å². The van der Waals surface area contributed by atoms with E-state index in [1.165, 1.54) is 6.21 Å². The molecule has 1 amide bonds. The average molecular weight is 681 g/mol. The van der Waals surface area contributed by atoms with Gasteiger partial charge in [-0.15, -0.1) is 0 Å². The normalized spacial score (nSPS) is 10.9. The predicted octanol–water partition coefficient (Wildman–Crippen LogP) is 6.55. The molecule has 0 atom stereocenters. The molecule has 9 heteroatoms. The minimum absolute atomic E-state index is 0.347. The summed E-state index contributed by atoms with van der Waals surface area (Å²) in [7, 11) is 1.55. The summed E-state index contributed by atoms with van der Waals surface area (Å²) in [4.78, 5) is 12.3. The summed E-state index contributed by atoms with van der Waals surface area (Å²) in [5, 5.41) is 4.69. The predicted molar refractivity (Wildman–Crippen MR) is 141 cm³/mol. The Morgan fingerprint density at radius 1 is 1.06 bits per heavy atom. The largest absolute Gasteiger partial charge is 0.496 e. The summed E-state index contributed by atoms with van der Waals surface area (Å²) in [5.41, 5.74) is 4.54. The van der Waals surface area contributed by atoms with Crippen molar-refractivity contribution in [1.29, 1.82) is 0 Å². The zero-order valence-corrected chi connectivity index (χ0v) is 22.0. The number of nitrogens with one attached hydrogen (secondary N) is 1. The summed E-state index contributed by atoms with van der Waals surface area (Å²) in [6.45, 7) is 0.347. The first-order valence-corrected chi connectivity index (χ1v) is 11.8. The van der Waals surface area contributed by atoms with E-state index in [0.717, 1.165) is 12.7 Å². The van der Waals surface area contributed by atoms with Crippen molar-refractivity contribution in [3.05, 3.63) is 88.5 Å². The fourth-order valence-corrected chi connectivity index (χ4v) is 4.09. The molecule has 0 saturated heterocycles. The van der Waals surface area contributed by atoms with Gasteiger partial charge in [-0.1, -0.05) is 35.3 Å². The van der Waals surface area contributed by atoms with Gasteiger partial charge in [-0.05, 0) is 98.8 Å². The lowest BCUT2D eigenvalue weighted by Crippen LogP contribution is -2.17. The maximum atomic E-state index is 12.3. The quantitative estimate of drug-likeness (QED) is 0.175. The molecule has 0 aliphatic rings. The second-order valence-electron chi connectivity index (χ2n) is 6.28. The van der Waals surface area contributed by atoms with Crippen molar-refractivity contribution in [2.24, 2.45) is 5.10 Å². The molecule has 0 spiro atoms. The molecule has 160 valence electrons. The Bertz CT molecular complexity index is 1100. The second-order valence-corrected chi connectivity index (χ2v) is 9.50. The van der Waals surface area contributed by atoms with Gasteiger partial charge in [-0.25, -0.2) is 5.43 Å². The third kappa shape index (κ3) is 6.71. The minimum atomic E-state index is -0.361. The highest BCUT2D eigenvalue weighted by Gasteiger charge is 2.11. The van der Waals surface area contributed by atoms with Crippen molar-refractivity contribution in [2.75, 3.05) is 7.11 Å². The van der Waals surface area contributed by atoms with E-state index in [-0.39, 0.29) is 5.91 Å². The monoisotopic (exact) mass is 680 g/mol. The molecule has 3 rings (SSSR count). The maximum absolute atomic E-state index is 12.3. The van der Waals surface area contributed by atoms with Gasteiger partial charge >= 0.3 is 0 Å². The van der Waals surface area contributed by atoms with Crippen LogP contribution < -0.4 is 14.9 Å². The van der Waals surface area contributed by atoms with E-state index in [1.54, 1.807) is 37.4 Å². The molecule has 0 bridgehead atoms. The lowest BCUT2D eigenvalue weighted by Gasteiger charge is -2.11. The van der Waals surface area contributed by atoms with Crippen molar-refractivity contribution in [3.63, 3.8) is 0 Å². The first-order valence-electron chi connectivity index (χ1n) is 8.90. The number of amides is 1. The van der Waals surface area contributed by atoms with Gasteiger partial charge < -0.3 is 9.47 Å². The Labute approximate surface area is 217 Å². The van der Waals surface area contributed by atoms with Gasteiger partial charge in [-0.3, -0.25) is 4.79 Å². The number of halogens is 4. The summed E-state index contributed by atoms with van der Waals surface area (Å²) in [6.07, 6.45) is 1.46.